The van der Waals surface area contributed by atoms with E-state index in [0.717, 1.165) is 12.0 Å². The van der Waals surface area contributed by atoms with E-state index in [0.29, 0.717) is 0 Å². The summed E-state index contributed by atoms with van der Waals surface area (Å²) in [4.78, 5) is 2.33. The van der Waals surface area contributed by atoms with Crippen molar-refractivity contribution in [3.8, 4) is 0 Å². The molecule has 0 aliphatic heterocycles. The SMILES string of the molecule is CNCC1CC(N(C)C)C1. The van der Waals surface area contributed by atoms with E-state index >= 15 is 0 Å². The minimum Gasteiger partial charge on any atom is -0.319 e. The Bertz CT molecular complexity index is 95.4. The quantitative estimate of drug-likeness (QED) is 0.619. The molecule has 0 aromatic rings. The predicted octanol–water partition coefficient (Wildman–Crippen LogP) is 0.546. The van der Waals surface area contributed by atoms with Crippen molar-refractivity contribution in [2.75, 3.05) is 27.7 Å². The lowest BCUT2D eigenvalue weighted by Crippen LogP contribution is -2.43. The molecular weight excluding hydrogens is 124 g/mol. The van der Waals surface area contributed by atoms with Crippen LogP contribution in [0.5, 0.6) is 0 Å². The highest BCUT2D eigenvalue weighted by molar-refractivity contribution is 4.85. The Hall–Kier alpha value is -0.0800. The maximum absolute atomic E-state index is 3.21. The predicted molar refractivity (Wildman–Crippen MR) is 44.1 cm³/mol. The maximum atomic E-state index is 3.21. The Morgan fingerprint density at radius 3 is 2.40 bits per heavy atom. The molecule has 0 saturated heterocycles. The topological polar surface area (TPSA) is 15.3 Å². The molecule has 2 nitrogen and oxygen atoms in total. The standard InChI is InChI=1S/C8H18N2/c1-9-6-7-4-8(5-7)10(2)3/h7-9H,4-6H2,1-3H3. The van der Waals surface area contributed by atoms with E-state index in [4.69, 9.17) is 0 Å². The van der Waals surface area contributed by atoms with Crippen LogP contribution in [-0.2, 0) is 0 Å². The van der Waals surface area contributed by atoms with Gasteiger partial charge >= 0.3 is 0 Å². The van der Waals surface area contributed by atoms with E-state index in [1.165, 1.54) is 19.4 Å². The molecule has 1 rings (SSSR count). The summed E-state index contributed by atoms with van der Waals surface area (Å²) in [5, 5.41) is 3.21. The Labute approximate surface area is 63.6 Å². The second-order valence-corrected chi connectivity index (χ2v) is 3.51. The zero-order valence-electron chi connectivity index (χ0n) is 7.22. The fraction of sp³-hybridized carbons (Fsp3) is 1.00. The van der Waals surface area contributed by atoms with Crippen LogP contribution < -0.4 is 5.32 Å². The van der Waals surface area contributed by atoms with Crippen molar-refractivity contribution in [2.24, 2.45) is 5.92 Å². The summed E-state index contributed by atoms with van der Waals surface area (Å²) in [7, 11) is 6.36. The summed E-state index contributed by atoms with van der Waals surface area (Å²) in [6.45, 7) is 1.20. The third-order valence-electron chi connectivity index (χ3n) is 2.43. The highest BCUT2D eigenvalue weighted by atomic mass is 15.1. The Kier molecular flexibility index (Phi) is 2.69. The van der Waals surface area contributed by atoms with Gasteiger partial charge in [-0.3, -0.25) is 0 Å². The zero-order chi connectivity index (χ0) is 7.56. The van der Waals surface area contributed by atoms with Gasteiger partial charge in [0.05, 0.1) is 0 Å². The van der Waals surface area contributed by atoms with Crippen molar-refractivity contribution in [3.63, 3.8) is 0 Å². The monoisotopic (exact) mass is 142 g/mol. The second kappa shape index (κ2) is 3.35. The molecule has 0 atom stereocenters. The number of nitrogens with zero attached hydrogens (tertiary/aromatic N) is 1. The minimum atomic E-state index is 0.860. The fourth-order valence-electron chi connectivity index (χ4n) is 1.58. The van der Waals surface area contributed by atoms with Crippen LogP contribution in [0.25, 0.3) is 0 Å². The Morgan fingerprint density at radius 1 is 1.40 bits per heavy atom. The smallest absolute Gasteiger partial charge is 0.00954 e. The summed E-state index contributed by atoms with van der Waals surface area (Å²) in [6.07, 6.45) is 2.77. The molecule has 2 heteroatoms. The highest BCUT2D eigenvalue weighted by Crippen LogP contribution is 2.29. The third-order valence-corrected chi connectivity index (χ3v) is 2.43. The van der Waals surface area contributed by atoms with Crippen LogP contribution in [0.2, 0.25) is 0 Å². The van der Waals surface area contributed by atoms with Crippen LogP contribution in [-0.4, -0.2) is 38.6 Å². The molecule has 0 amide bonds. The highest BCUT2D eigenvalue weighted by Gasteiger charge is 2.29. The lowest BCUT2D eigenvalue weighted by molar-refractivity contribution is 0.124. The van der Waals surface area contributed by atoms with Gasteiger partial charge in [0.25, 0.3) is 0 Å². The number of rotatable bonds is 3. The van der Waals surface area contributed by atoms with E-state index < -0.39 is 0 Å². The van der Waals surface area contributed by atoms with Gasteiger partial charge < -0.3 is 10.2 Å². The third kappa shape index (κ3) is 1.70. The van der Waals surface area contributed by atoms with Crippen LogP contribution in [0.1, 0.15) is 12.8 Å². The molecule has 1 aliphatic rings. The summed E-state index contributed by atoms with van der Waals surface area (Å²) in [6, 6.07) is 0.860. The first-order valence-electron chi connectivity index (χ1n) is 4.05. The molecule has 1 N–H and O–H groups in total. The van der Waals surface area contributed by atoms with Gasteiger partial charge in [0, 0.05) is 6.04 Å². The van der Waals surface area contributed by atoms with Gasteiger partial charge in [0.1, 0.15) is 0 Å². The first-order valence-corrected chi connectivity index (χ1v) is 4.05. The summed E-state index contributed by atoms with van der Waals surface area (Å²) in [5.74, 6) is 0.942. The second-order valence-electron chi connectivity index (χ2n) is 3.51. The van der Waals surface area contributed by atoms with Crippen molar-refractivity contribution in [2.45, 2.75) is 18.9 Å². The summed E-state index contributed by atoms with van der Waals surface area (Å²) in [5.41, 5.74) is 0. The van der Waals surface area contributed by atoms with Gasteiger partial charge in [0.2, 0.25) is 0 Å². The molecular formula is C8H18N2. The lowest BCUT2D eigenvalue weighted by atomic mass is 9.79. The molecule has 0 radical (unpaired) electrons. The first kappa shape index (κ1) is 8.02. The van der Waals surface area contributed by atoms with E-state index in [1.54, 1.807) is 0 Å². The molecule has 10 heavy (non-hydrogen) atoms. The van der Waals surface area contributed by atoms with Crippen LogP contribution in [0.15, 0.2) is 0 Å². The number of hydrogen-bond acceptors (Lipinski definition) is 2. The minimum absolute atomic E-state index is 0.860. The van der Waals surface area contributed by atoms with Crippen LogP contribution in [0.4, 0.5) is 0 Å². The van der Waals surface area contributed by atoms with Gasteiger partial charge in [0.15, 0.2) is 0 Å². The molecule has 0 bridgehead atoms. The molecule has 0 heterocycles. The Balaban J connectivity index is 2.06. The molecule has 0 aromatic heterocycles. The molecule has 0 unspecified atom stereocenters. The normalized spacial score (nSPS) is 32.4. The van der Waals surface area contributed by atoms with Gasteiger partial charge in [-0.25, -0.2) is 0 Å². The van der Waals surface area contributed by atoms with Gasteiger partial charge in [-0.05, 0) is 46.4 Å². The fourth-order valence-corrected chi connectivity index (χ4v) is 1.58. The molecule has 1 aliphatic carbocycles. The van der Waals surface area contributed by atoms with E-state index in [2.05, 4.69) is 24.3 Å². The van der Waals surface area contributed by atoms with Crippen molar-refractivity contribution < 1.29 is 0 Å². The van der Waals surface area contributed by atoms with Gasteiger partial charge in [-0.15, -0.1) is 0 Å². The lowest BCUT2D eigenvalue weighted by Gasteiger charge is -2.39. The average Bonchev–Trinajstić information content (AvgIpc) is 1.76. The molecule has 60 valence electrons. The van der Waals surface area contributed by atoms with E-state index in [1.807, 2.05) is 7.05 Å². The van der Waals surface area contributed by atoms with Crippen molar-refractivity contribution in [1.82, 2.24) is 10.2 Å². The van der Waals surface area contributed by atoms with Crippen molar-refractivity contribution in [1.29, 1.82) is 0 Å². The van der Waals surface area contributed by atoms with E-state index in [-0.39, 0.29) is 0 Å². The van der Waals surface area contributed by atoms with Gasteiger partial charge in [-0.1, -0.05) is 0 Å². The van der Waals surface area contributed by atoms with Crippen molar-refractivity contribution in [3.05, 3.63) is 0 Å². The average molecular weight is 142 g/mol. The number of nitrogens with one attached hydrogen (secondary N) is 1. The van der Waals surface area contributed by atoms with Crippen molar-refractivity contribution >= 4 is 0 Å². The first-order chi connectivity index (χ1) is 4.74. The Morgan fingerprint density at radius 2 is 2.00 bits per heavy atom. The van der Waals surface area contributed by atoms with E-state index in [9.17, 15) is 0 Å². The van der Waals surface area contributed by atoms with Crippen LogP contribution in [0.3, 0.4) is 0 Å². The summed E-state index contributed by atoms with van der Waals surface area (Å²) < 4.78 is 0. The maximum Gasteiger partial charge on any atom is 0.00954 e. The van der Waals surface area contributed by atoms with Crippen LogP contribution >= 0.6 is 0 Å². The number of hydrogen-bond donors (Lipinski definition) is 1. The van der Waals surface area contributed by atoms with Crippen LogP contribution in [0, 0.1) is 5.92 Å². The summed E-state index contributed by atoms with van der Waals surface area (Å²) >= 11 is 0. The molecule has 1 saturated carbocycles. The van der Waals surface area contributed by atoms with Gasteiger partial charge in [-0.2, -0.15) is 0 Å². The zero-order valence-corrected chi connectivity index (χ0v) is 7.22. The molecule has 1 fully saturated rings. The molecule has 0 spiro atoms. The molecule has 0 aromatic carbocycles. The largest absolute Gasteiger partial charge is 0.319 e.